The van der Waals surface area contributed by atoms with E-state index in [0.717, 1.165) is 0 Å². The Bertz CT molecular complexity index is 330. The van der Waals surface area contributed by atoms with Gasteiger partial charge in [0, 0.05) is 11.1 Å². The number of carbonyl (C=O) groups is 2. The number of benzene rings is 1. The predicted molar refractivity (Wildman–Crippen MR) is 57.8 cm³/mol. The Kier molecular flexibility index (Phi) is 3.81. The molecule has 0 N–H and O–H groups in total. The summed E-state index contributed by atoms with van der Waals surface area (Å²) >= 11 is 5.90. The summed E-state index contributed by atoms with van der Waals surface area (Å²) in [6.07, 6.45) is 0. The molecule has 0 atom stereocenters. The van der Waals surface area contributed by atoms with Crippen LogP contribution in [0.3, 0.4) is 0 Å². The minimum atomic E-state index is -0.176. The third-order valence-electron chi connectivity index (χ3n) is 1.56. The molecule has 1 aromatic rings. The first-order chi connectivity index (χ1) is 6.15. The summed E-state index contributed by atoms with van der Waals surface area (Å²) < 4.78 is -0.176. The van der Waals surface area contributed by atoms with Crippen molar-refractivity contribution in [2.75, 3.05) is 5.33 Å². The molecule has 68 valence electrons. The molecule has 4 heteroatoms. The number of halogens is 2. The highest BCUT2D eigenvalue weighted by Crippen LogP contribution is 2.09. The summed E-state index contributed by atoms with van der Waals surface area (Å²) in [5.41, 5.74) is 1.15. The molecular weight excluding hydrogens is 300 g/mol. The second-order valence-corrected chi connectivity index (χ2v) is 3.69. The van der Waals surface area contributed by atoms with Crippen LogP contribution in [0.15, 0.2) is 24.3 Å². The molecule has 0 aromatic heterocycles. The van der Waals surface area contributed by atoms with Crippen molar-refractivity contribution in [3.8, 4) is 0 Å². The van der Waals surface area contributed by atoms with Crippen LogP contribution in [0, 0.1) is 0 Å². The molecule has 0 heterocycles. The van der Waals surface area contributed by atoms with Gasteiger partial charge in [-0.05, 0) is 28.1 Å². The van der Waals surface area contributed by atoms with Gasteiger partial charge in [-0.15, -0.1) is 0 Å². The average Bonchev–Trinajstić information content (AvgIpc) is 2.17. The van der Waals surface area contributed by atoms with Gasteiger partial charge in [0.25, 0.3) is 0 Å². The van der Waals surface area contributed by atoms with Crippen LogP contribution in [0.2, 0.25) is 0 Å². The van der Waals surface area contributed by atoms with E-state index in [1.165, 1.54) is 0 Å². The van der Waals surface area contributed by atoms with Gasteiger partial charge in [0.15, 0.2) is 5.78 Å². The number of rotatable bonds is 3. The fraction of sp³-hybridized carbons (Fsp3) is 0.111. The third kappa shape index (κ3) is 2.74. The zero-order valence-electron chi connectivity index (χ0n) is 6.59. The van der Waals surface area contributed by atoms with Crippen LogP contribution >= 0.6 is 31.9 Å². The van der Waals surface area contributed by atoms with Gasteiger partial charge in [-0.1, -0.05) is 28.1 Å². The summed E-state index contributed by atoms with van der Waals surface area (Å²) in [6, 6.07) is 6.51. The van der Waals surface area contributed by atoms with Gasteiger partial charge >= 0.3 is 0 Å². The van der Waals surface area contributed by atoms with Gasteiger partial charge in [-0.3, -0.25) is 9.59 Å². The molecule has 0 aliphatic rings. The molecule has 0 spiro atoms. The van der Waals surface area contributed by atoms with E-state index < -0.39 is 0 Å². The maximum atomic E-state index is 11.2. The lowest BCUT2D eigenvalue weighted by atomic mass is 10.1. The topological polar surface area (TPSA) is 34.1 Å². The number of ketones is 1. The van der Waals surface area contributed by atoms with Gasteiger partial charge in [-0.2, -0.15) is 0 Å². The molecule has 0 saturated heterocycles. The highest BCUT2D eigenvalue weighted by molar-refractivity contribution is 9.18. The van der Waals surface area contributed by atoms with Crippen molar-refractivity contribution in [2.45, 2.75) is 0 Å². The number of hydrogen-bond donors (Lipinski definition) is 0. The lowest BCUT2D eigenvalue weighted by molar-refractivity contribution is 0.102. The highest BCUT2D eigenvalue weighted by Gasteiger charge is 2.05. The van der Waals surface area contributed by atoms with Crippen LogP contribution in [-0.2, 0) is 0 Å². The standard InChI is InChI=1S/C9H6Br2O2/c10-5-8(12)6-1-3-7(4-2-6)9(11)13/h1-4H,5H2. The SMILES string of the molecule is O=C(Br)c1ccc(C(=O)CBr)cc1. The zero-order chi connectivity index (χ0) is 9.84. The van der Waals surface area contributed by atoms with Crippen LogP contribution in [0.5, 0.6) is 0 Å². The molecule has 0 radical (unpaired) electrons. The van der Waals surface area contributed by atoms with Crippen LogP contribution < -0.4 is 0 Å². The van der Waals surface area contributed by atoms with Crippen LogP contribution in [-0.4, -0.2) is 15.8 Å². The van der Waals surface area contributed by atoms with E-state index in [4.69, 9.17) is 0 Å². The summed E-state index contributed by atoms with van der Waals surface area (Å²) in [6.45, 7) is 0. The minimum Gasteiger partial charge on any atom is -0.293 e. The number of carbonyl (C=O) groups excluding carboxylic acids is 2. The van der Waals surface area contributed by atoms with Crippen molar-refractivity contribution in [3.63, 3.8) is 0 Å². The average molecular weight is 306 g/mol. The van der Waals surface area contributed by atoms with E-state index in [-0.39, 0.29) is 10.5 Å². The molecule has 0 amide bonds. The first-order valence-electron chi connectivity index (χ1n) is 3.54. The van der Waals surface area contributed by atoms with Crippen molar-refractivity contribution in [3.05, 3.63) is 35.4 Å². The summed E-state index contributed by atoms with van der Waals surface area (Å²) in [7, 11) is 0. The van der Waals surface area contributed by atoms with Gasteiger partial charge in [-0.25, -0.2) is 0 Å². The maximum Gasteiger partial charge on any atom is 0.228 e. The molecule has 2 nitrogen and oxygen atoms in total. The molecule has 0 aliphatic heterocycles. The molecule has 13 heavy (non-hydrogen) atoms. The number of Topliss-reactive ketones (excluding diaryl/α,β-unsaturated/α-hetero) is 1. The molecule has 1 aromatic carbocycles. The van der Waals surface area contributed by atoms with Crippen LogP contribution in [0.1, 0.15) is 20.7 Å². The smallest absolute Gasteiger partial charge is 0.228 e. The largest absolute Gasteiger partial charge is 0.293 e. The normalized spacial score (nSPS) is 9.69. The van der Waals surface area contributed by atoms with E-state index in [1.807, 2.05) is 0 Å². The van der Waals surface area contributed by atoms with Gasteiger partial charge in [0.1, 0.15) is 0 Å². The Labute approximate surface area is 92.6 Å². The van der Waals surface area contributed by atoms with E-state index in [2.05, 4.69) is 31.9 Å². The van der Waals surface area contributed by atoms with Crippen molar-refractivity contribution >= 4 is 42.3 Å². The van der Waals surface area contributed by atoms with Gasteiger partial charge in [0.05, 0.1) is 5.33 Å². The predicted octanol–water partition coefficient (Wildman–Crippen LogP) is 2.80. The molecule has 0 saturated carbocycles. The first kappa shape index (κ1) is 10.6. The highest BCUT2D eigenvalue weighted by atomic mass is 79.9. The van der Waals surface area contributed by atoms with E-state index >= 15 is 0 Å². The lowest BCUT2D eigenvalue weighted by Gasteiger charge is -1.97. The van der Waals surface area contributed by atoms with E-state index in [9.17, 15) is 9.59 Å². The molecule has 0 unspecified atom stereocenters. The van der Waals surface area contributed by atoms with Crippen molar-refractivity contribution in [1.82, 2.24) is 0 Å². The molecule has 1 rings (SSSR count). The van der Waals surface area contributed by atoms with Crippen LogP contribution in [0.25, 0.3) is 0 Å². The Hall–Kier alpha value is -0.480. The summed E-state index contributed by atoms with van der Waals surface area (Å²) in [4.78, 5) is 22.0. The molecule has 0 fully saturated rings. The number of alkyl halides is 1. The first-order valence-corrected chi connectivity index (χ1v) is 5.45. The third-order valence-corrected chi connectivity index (χ3v) is 2.52. The Morgan fingerprint density at radius 3 is 1.92 bits per heavy atom. The maximum absolute atomic E-state index is 11.2. The Morgan fingerprint density at radius 2 is 1.54 bits per heavy atom. The summed E-state index contributed by atoms with van der Waals surface area (Å²) in [5, 5.41) is 0.300. The zero-order valence-corrected chi connectivity index (χ0v) is 9.76. The monoisotopic (exact) mass is 304 g/mol. The Balaban J connectivity index is 2.93. The van der Waals surface area contributed by atoms with E-state index in [1.54, 1.807) is 24.3 Å². The fourth-order valence-corrected chi connectivity index (χ4v) is 1.45. The number of hydrogen-bond acceptors (Lipinski definition) is 2. The van der Waals surface area contributed by atoms with Gasteiger partial charge in [0.2, 0.25) is 4.69 Å². The second kappa shape index (κ2) is 4.67. The van der Waals surface area contributed by atoms with Gasteiger partial charge < -0.3 is 0 Å². The quantitative estimate of drug-likeness (QED) is 0.489. The van der Waals surface area contributed by atoms with E-state index in [0.29, 0.717) is 16.5 Å². The fourth-order valence-electron chi connectivity index (χ4n) is 0.864. The molecular formula is C9H6Br2O2. The van der Waals surface area contributed by atoms with Crippen molar-refractivity contribution in [1.29, 1.82) is 0 Å². The minimum absolute atomic E-state index is 0.00794. The Morgan fingerprint density at radius 1 is 1.08 bits per heavy atom. The molecule has 0 aliphatic carbocycles. The van der Waals surface area contributed by atoms with Crippen molar-refractivity contribution in [2.24, 2.45) is 0 Å². The second-order valence-electron chi connectivity index (χ2n) is 2.41. The van der Waals surface area contributed by atoms with Crippen molar-refractivity contribution < 1.29 is 9.59 Å². The molecule has 0 bridgehead atoms. The summed E-state index contributed by atoms with van der Waals surface area (Å²) in [5.74, 6) is 0.00794. The van der Waals surface area contributed by atoms with Crippen LogP contribution in [0.4, 0.5) is 0 Å². The lowest BCUT2D eigenvalue weighted by Crippen LogP contribution is -2.00.